The fourth-order valence-electron chi connectivity index (χ4n) is 7.61. The maximum atomic E-state index is 13.9. The van der Waals surface area contributed by atoms with Gasteiger partial charge in [0.2, 0.25) is 0 Å². The molecule has 3 aromatic rings. The van der Waals surface area contributed by atoms with E-state index in [1.165, 1.54) is 17.4 Å². The van der Waals surface area contributed by atoms with Gasteiger partial charge in [-0.05, 0) is 75.8 Å². The summed E-state index contributed by atoms with van der Waals surface area (Å²) in [6.07, 6.45) is 5.04. The highest BCUT2D eigenvalue weighted by Crippen LogP contribution is 2.54. The van der Waals surface area contributed by atoms with Gasteiger partial charge in [-0.3, -0.25) is 0 Å². The number of ether oxygens (including phenoxy) is 3. The number of carbonyl (C=O) groups is 2. The highest BCUT2D eigenvalue weighted by atomic mass is 32.1. The van der Waals surface area contributed by atoms with Gasteiger partial charge in [-0.1, -0.05) is 23.4 Å². The first kappa shape index (κ1) is 30.3. The van der Waals surface area contributed by atoms with Crippen molar-refractivity contribution in [2.75, 3.05) is 18.6 Å². The molecule has 242 valence electrons. The second kappa shape index (κ2) is 11.5. The van der Waals surface area contributed by atoms with Gasteiger partial charge in [0.25, 0.3) is 0 Å². The molecule has 1 saturated heterocycles. The van der Waals surface area contributed by atoms with Gasteiger partial charge in [0.15, 0.2) is 16.6 Å². The molecule has 5 fully saturated rings. The zero-order valence-electron chi connectivity index (χ0n) is 25.3. The summed E-state index contributed by atoms with van der Waals surface area (Å²) >= 11 is 1.19. The summed E-state index contributed by atoms with van der Waals surface area (Å²) in [5, 5.41) is 5.05. The van der Waals surface area contributed by atoms with Crippen molar-refractivity contribution in [2.24, 2.45) is 5.92 Å². The smallest absolute Gasteiger partial charge is 0.465 e. The number of rotatable bonds is 8. The molecule has 4 aliphatic carbocycles. The van der Waals surface area contributed by atoms with Crippen LogP contribution < -0.4 is 9.64 Å². The maximum Gasteiger partial charge on any atom is 0.573 e. The molecule has 1 aliphatic heterocycles. The van der Waals surface area contributed by atoms with Crippen molar-refractivity contribution in [3.8, 4) is 5.75 Å². The number of anilines is 1. The van der Waals surface area contributed by atoms with Gasteiger partial charge in [-0.25, -0.2) is 14.6 Å². The Kier molecular flexibility index (Phi) is 7.72. The Bertz CT molecular complexity index is 1590. The van der Waals surface area contributed by atoms with E-state index < -0.39 is 18.1 Å². The third-order valence-electron chi connectivity index (χ3n) is 10.2. The molecule has 5 aliphatic rings. The van der Waals surface area contributed by atoms with E-state index in [1.54, 1.807) is 0 Å². The van der Waals surface area contributed by atoms with E-state index in [0.717, 1.165) is 76.2 Å². The lowest BCUT2D eigenvalue weighted by Crippen LogP contribution is -2.45. The molecular weight excluding hydrogens is 611 g/mol. The van der Waals surface area contributed by atoms with Gasteiger partial charge >= 0.3 is 18.3 Å². The Morgan fingerprint density at radius 2 is 1.82 bits per heavy atom. The molecule has 4 saturated carbocycles. The van der Waals surface area contributed by atoms with Gasteiger partial charge in [0.1, 0.15) is 22.9 Å². The van der Waals surface area contributed by atoms with Crippen LogP contribution in [-0.2, 0) is 14.9 Å². The SMILES string of the molecule is CC[C@@H]1C[C@H](OC(=O)c2c(C34CCC(CC3)CC4)noc2C2CC2)CCN1c1nc2c(OC(F)(F)F)cc(C(=O)OC)cc2s1. The van der Waals surface area contributed by atoms with Crippen LogP contribution >= 0.6 is 11.3 Å². The van der Waals surface area contributed by atoms with Crippen molar-refractivity contribution in [3.05, 3.63) is 34.7 Å². The molecule has 0 amide bonds. The van der Waals surface area contributed by atoms with Crippen LogP contribution in [0.4, 0.5) is 18.3 Å². The number of hydrogen-bond acceptors (Lipinski definition) is 10. The fourth-order valence-corrected chi connectivity index (χ4v) is 8.73. The number of hydrogen-bond donors (Lipinski definition) is 0. The van der Waals surface area contributed by atoms with E-state index in [4.69, 9.17) is 14.0 Å². The third kappa shape index (κ3) is 5.76. The van der Waals surface area contributed by atoms with E-state index in [-0.39, 0.29) is 40.5 Å². The monoisotopic (exact) mass is 647 g/mol. The number of alkyl halides is 3. The Hall–Kier alpha value is -3.35. The van der Waals surface area contributed by atoms with Crippen LogP contribution in [0.2, 0.25) is 0 Å². The van der Waals surface area contributed by atoms with Crippen LogP contribution in [0.5, 0.6) is 5.75 Å². The lowest BCUT2D eigenvalue weighted by Gasteiger charge is -2.45. The number of benzene rings is 1. The number of carbonyl (C=O) groups excluding carboxylic acids is 2. The molecule has 45 heavy (non-hydrogen) atoms. The van der Waals surface area contributed by atoms with Crippen LogP contribution in [0.1, 0.15) is 116 Å². The van der Waals surface area contributed by atoms with E-state index in [0.29, 0.717) is 47.0 Å². The van der Waals surface area contributed by atoms with Crippen molar-refractivity contribution in [1.29, 1.82) is 0 Å². The molecule has 0 spiro atoms. The largest absolute Gasteiger partial charge is 0.573 e. The Labute approximate surface area is 262 Å². The van der Waals surface area contributed by atoms with Gasteiger partial charge < -0.3 is 23.6 Å². The van der Waals surface area contributed by atoms with Crippen LogP contribution in [0.25, 0.3) is 10.2 Å². The fraction of sp³-hybridized carbons (Fsp3) is 0.625. The van der Waals surface area contributed by atoms with Crippen LogP contribution in [-0.4, -0.2) is 54.2 Å². The number of nitrogens with zero attached hydrogens (tertiary/aromatic N) is 3. The Morgan fingerprint density at radius 3 is 2.47 bits per heavy atom. The standard InChI is InChI=1S/C32H36F3N3O6S/c1-3-20-16-21(42-29(40)24-26(18-4-5-18)44-37-27(24)31-10-6-17(7-11-31)8-12-31)9-13-38(20)30-36-25-22(43-32(33,34)35)14-19(28(39)41-2)15-23(25)45-30/h14-15,17-18,20-21H,3-13,16H2,1-2H3/t17?,20-,21-,31?/m1/s1. The summed E-state index contributed by atoms with van der Waals surface area (Å²) < 4.78 is 61.1. The van der Waals surface area contributed by atoms with Gasteiger partial charge in [-0.15, -0.1) is 13.2 Å². The van der Waals surface area contributed by atoms with Crippen molar-refractivity contribution >= 4 is 38.6 Å². The van der Waals surface area contributed by atoms with Gasteiger partial charge in [0.05, 0.1) is 17.4 Å². The molecule has 2 bridgehead atoms. The Balaban J connectivity index is 1.11. The lowest BCUT2D eigenvalue weighted by atomic mass is 9.59. The summed E-state index contributed by atoms with van der Waals surface area (Å²) in [5.74, 6) is 0.000805. The topological polar surface area (TPSA) is 104 Å². The van der Waals surface area contributed by atoms with Crippen LogP contribution in [0, 0.1) is 5.92 Å². The number of piperidine rings is 1. The molecule has 8 rings (SSSR count). The molecule has 0 unspecified atom stereocenters. The highest BCUT2D eigenvalue weighted by Gasteiger charge is 2.48. The number of fused-ring (bicyclic) bond motifs is 4. The van der Waals surface area contributed by atoms with E-state index >= 15 is 0 Å². The molecule has 1 aromatic carbocycles. The van der Waals surface area contributed by atoms with E-state index in [1.807, 2.05) is 11.8 Å². The summed E-state index contributed by atoms with van der Waals surface area (Å²) in [5.41, 5.74) is 1.21. The molecule has 0 radical (unpaired) electrons. The molecule has 2 atom stereocenters. The predicted octanol–water partition coefficient (Wildman–Crippen LogP) is 7.67. The second-order valence-electron chi connectivity index (χ2n) is 13.0. The third-order valence-corrected chi connectivity index (χ3v) is 11.3. The minimum absolute atomic E-state index is 0.0205. The molecule has 9 nitrogen and oxygen atoms in total. The normalized spacial score (nSPS) is 26.7. The van der Waals surface area contributed by atoms with Crippen molar-refractivity contribution in [3.63, 3.8) is 0 Å². The highest BCUT2D eigenvalue weighted by molar-refractivity contribution is 7.22. The first-order valence-electron chi connectivity index (χ1n) is 15.8. The summed E-state index contributed by atoms with van der Waals surface area (Å²) in [6, 6.07) is 2.40. The van der Waals surface area contributed by atoms with Gasteiger partial charge in [0, 0.05) is 36.8 Å². The minimum Gasteiger partial charge on any atom is -0.465 e. The molecule has 13 heteroatoms. The van der Waals surface area contributed by atoms with Gasteiger partial charge in [-0.2, -0.15) is 0 Å². The lowest BCUT2D eigenvalue weighted by molar-refractivity contribution is -0.274. The average Bonchev–Trinajstić information content (AvgIpc) is 3.61. The number of aromatic nitrogens is 2. The Morgan fingerprint density at radius 1 is 1.09 bits per heavy atom. The minimum atomic E-state index is -4.96. The quantitative estimate of drug-likeness (QED) is 0.228. The molecule has 2 aromatic heterocycles. The number of thiazole rings is 1. The van der Waals surface area contributed by atoms with Crippen molar-refractivity contribution < 1.29 is 41.5 Å². The van der Waals surface area contributed by atoms with Crippen molar-refractivity contribution in [2.45, 2.75) is 107 Å². The van der Waals surface area contributed by atoms with E-state index in [2.05, 4.69) is 14.9 Å². The maximum absolute atomic E-state index is 13.9. The average molecular weight is 648 g/mol. The summed E-state index contributed by atoms with van der Waals surface area (Å²) in [7, 11) is 1.16. The molecule has 3 heterocycles. The summed E-state index contributed by atoms with van der Waals surface area (Å²) in [6.45, 7) is 2.51. The zero-order chi connectivity index (χ0) is 31.5. The number of halogens is 3. The zero-order valence-corrected chi connectivity index (χ0v) is 26.1. The first-order chi connectivity index (χ1) is 21.6. The van der Waals surface area contributed by atoms with Crippen LogP contribution in [0.3, 0.4) is 0 Å². The van der Waals surface area contributed by atoms with Crippen LogP contribution in [0.15, 0.2) is 16.7 Å². The molecule has 0 N–H and O–H groups in total. The number of methoxy groups -OCH3 is 1. The summed E-state index contributed by atoms with van der Waals surface area (Å²) in [4.78, 5) is 32.6. The van der Waals surface area contributed by atoms with E-state index in [9.17, 15) is 22.8 Å². The second-order valence-corrected chi connectivity index (χ2v) is 14.0. The van der Waals surface area contributed by atoms with Crippen molar-refractivity contribution in [1.82, 2.24) is 10.1 Å². The number of esters is 2. The predicted molar refractivity (Wildman–Crippen MR) is 159 cm³/mol. The molecular formula is C32H36F3N3O6S. The first-order valence-corrected chi connectivity index (χ1v) is 16.7.